The van der Waals surface area contributed by atoms with Gasteiger partial charge in [-0.3, -0.25) is 0 Å². The normalized spacial score (nSPS) is 13.5. The molecule has 1 rings (SSSR count). The number of ether oxygens (including phenoxy) is 1. The molecule has 0 spiro atoms. The molecule has 0 aliphatic rings. The average molecular weight is 237 g/mol. The Bertz CT molecular complexity index is 402. The molecule has 17 heavy (non-hydrogen) atoms. The summed E-state index contributed by atoms with van der Waals surface area (Å²) >= 11 is 0. The van der Waals surface area contributed by atoms with Crippen molar-refractivity contribution in [3.8, 4) is 5.75 Å². The molecule has 0 aliphatic heterocycles. The van der Waals surface area contributed by atoms with Crippen LogP contribution in [0.15, 0.2) is 23.4 Å². The van der Waals surface area contributed by atoms with Crippen LogP contribution in [0.3, 0.4) is 0 Å². The Kier molecular flexibility index (Phi) is 4.97. The molecule has 4 heteroatoms. The zero-order chi connectivity index (χ0) is 12.8. The van der Waals surface area contributed by atoms with Crippen molar-refractivity contribution in [3.05, 3.63) is 29.3 Å². The van der Waals surface area contributed by atoms with Gasteiger partial charge in [-0.2, -0.15) is 0 Å². The van der Waals surface area contributed by atoms with Crippen LogP contribution < -0.4 is 4.74 Å². The third-order valence-electron chi connectivity index (χ3n) is 2.51. The molecule has 1 atom stereocenters. The lowest BCUT2D eigenvalue weighted by molar-refractivity contribution is 0.174. The number of hydrogen-bond acceptors (Lipinski definition) is 4. The minimum Gasteiger partial charge on any atom is -0.493 e. The van der Waals surface area contributed by atoms with Crippen LogP contribution in [0.2, 0.25) is 0 Å². The second-order valence-corrected chi connectivity index (χ2v) is 4.28. The maximum atomic E-state index is 8.94. The first-order valence-electron chi connectivity index (χ1n) is 5.61. The maximum absolute atomic E-state index is 8.94. The van der Waals surface area contributed by atoms with Crippen LogP contribution in [0.5, 0.6) is 5.75 Å². The van der Waals surface area contributed by atoms with E-state index in [1.807, 2.05) is 32.0 Å². The number of rotatable bonds is 5. The van der Waals surface area contributed by atoms with Gasteiger partial charge in [-0.1, -0.05) is 23.7 Å². The van der Waals surface area contributed by atoms with Gasteiger partial charge in [-0.05, 0) is 26.0 Å². The van der Waals surface area contributed by atoms with E-state index in [1.165, 1.54) is 0 Å². The second-order valence-electron chi connectivity index (χ2n) is 4.28. The molecule has 0 fully saturated rings. The summed E-state index contributed by atoms with van der Waals surface area (Å²) < 4.78 is 5.62. The van der Waals surface area contributed by atoms with Crippen molar-refractivity contribution >= 4 is 5.71 Å². The van der Waals surface area contributed by atoms with E-state index in [1.54, 1.807) is 6.92 Å². The van der Waals surface area contributed by atoms with Crippen LogP contribution in [-0.4, -0.2) is 29.2 Å². The molecular formula is C13H19NO3. The van der Waals surface area contributed by atoms with Gasteiger partial charge in [0.25, 0.3) is 0 Å². The van der Waals surface area contributed by atoms with E-state index < -0.39 is 0 Å². The van der Waals surface area contributed by atoms with E-state index in [-0.39, 0.29) is 12.5 Å². The summed E-state index contributed by atoms with van der Waals surface area (Å²) in [5.74, 6) is 0.752. The quantitative estimate of drug-likeness (QED) is 0.469. The van der Waals surface area contributed by atoms with E-state index in [0.717, 1.165) is 11.1 Å². The standard InChI is InChI=1S/C13H19NO3/c1-9-4-5-13(17-8-10(2)7-15)12(6-9)11(3)14-16/h4-6,10,15-16H,7-8H2,1-3H3/b14-11+. The molecule has 4 nitrogen and oxygen atoms in total. The van der Waals surface area contributed by atoms with Gasteiger partial charge in [-0.15, -0.1) is 0 Å². The van der Waals surface area contributed by atoms with Crippen LogP contribution >= 0.6 is 0 Å². The summed E-state index contributed by atoms with van der Waals surface area (Å²) in [5, 5.41) is 21.0. The van der Waals surface area contributed by atoms with E-state index in [0.29, 0.717) is 18.1 Å². The second kappa shape index (κ2) is 6.25. The molecule has 1 aromatic carbocycles. The number of aryl methyl sites for hydroxylation is 1. The molecular weight excluding hydrogens is 218 g/mol. The van der Waals surface area contributed by atoms with E-state index in [9.17, 15) is 0 Å². The monoisotopic (exact) mass is 237 g/mol. The first-order valence-corrected chi connectivity index (χ1v) is 5.61. The topological polar surface area (TPSA) is 62.1 Å². The minimum absolute atomic E-state index is 0.0792. The van der Waals surface area contributed by atoms with Gasteiger partial charge < -0.3 is 15.1 Å². The Morgan fingerprint density at radius 3 is 2.76 bits per heavy atom. The van der Waals surface area contributed by atoms with Crippen molar-refractivity contribution in [1.82, 2.24) is 0 Å². The van der Waals surface area contributed by atoms with Gasteiger partial charge >= 0.3 is 0 Å². The highest BCUT2D eigenvalue weighted by molar-refractivity contribution is 6.00. The predicted molar refractivity (Wildman–Crippen MR) is 66.9 cm³/mol. The highest BCUT2D eigenvalue weighted by Gasteiger charge is 2.09. The summed E-state index contributed by atoms with van der Waals surface area (Å²) in [6.45, 7) is 6.12. The number of benzene rings is 1. The zero-order valence-electron chi connectivity index (χ0n) is 10.5. The third kappa shape index (κ3) is 3.75. The molecule has 0 amide bonds. The molecule has 0 radical (unpaired) electrons. The Hall–Kier alpha value is -1.55. The smallest absolute Gasteiger partial charge is 0.128 e. The Morgan fingerprint density at radius 2 is 2.18 bits per heavy atom. The molecule has 0 heterocycles. The third-order valence-corrected chi connectivity index (χ3v) is 2.51. The fourth-order valence-corrected chi connectivity index (χ4v) is 1.39. The largest absolute Gasteiger partial charge is 0.493 e. The molecule has 94 valence electrons. The van der Waals surface area contributed by atoms with Gasteiger partial charge in [0, 0.05) is 18.1 Å². The fourth-order valence-electron chi connectivity index (χ4n) is 1.39. The summed E-state index contributed by atoms with van der Waals surface area (Å²) in [6, 6.07) is 5.70. The Labute approximate surface area is 102 Å². The molecule has 2 N–H and O–H groups in total. The summed E-state index contributed by atoms with van der Waals surface area (Å²) in [5.41, 5.74) is 2.36. The number of aliphatic hydroxyl groups is 1. The zero-order valence-corrected chi connectivity index (χ0v) is 10.5. The van der Waals surface area contributed by atoms with E-state index >= 15 is 0 Å². The molecule has 1 unspecified atom stereocenters. The van der Waals surface area contributed by atoms with Gasteiger partial charge in [0.05, 0.1) is 12.3 Å². The molecule has 0 bridgehead atoms. The molecule has 1 aromatic rings. The summed E-state index contributed by atoms with van der Waals surface area (Å²) in [6.07, 6.45) is 0. The van der Waals surface area contributed by atoms with Crippen molar-refractivity contribution in [2.75, 3.05) is 13.2 Å². The molecule has 0 aliphatic carbocycles. The van der Waals surface area contributed by atoms with Crippen molar-refractivity contribution in [3.63, 3.8) is 0 Å². The van der Waals surface area contributed by atoms with Crippen LogP contribution in [0.4, 0.5) is 0 Å². The maximum Gasteiger partial charge on any atom is 0.128 e. The Morgan fingerprint density at radius 1 is 1.47 bits per heavy atom. The number of oxime groups is 1. The van der Waals surface area contributed by atoms with E-state index in [2.05, 4.69) is 5.16 Å². The number of hydrogen-bond donors (Lipinski definition) is 2. The van der Waals surface area contributed by atoms with Gasteiger partial charge in [0.15, 0.2) is 0 Å². The lowest BCUT2D eigenvalue weighted by atomic mass is 10.1. The first-order chi connectivity index (χ1) is 8.08. The number of nitrogens with zero attached hydrogens (tertiary/aromatic N) is 1. The van der Waals surface area contributed by atoms with Crippen molar-refractivity contribution in [1.29, 1.82) is 0 Å². The van der Waals surface area contributed by atoms with E-state index in [4.69, 9.17) is 15.1 Å². The molecule has 0 saturated carbocycles. The summed E-state index contributed by atoms with van der Waals surface area (Å²) in [4.78, 5) is 0. The van der Waals surface area contributed by atoms with Crippen LogP contribution in [0.25, 0.3) is 0 Å². The first kappa shape index (κ1) is 13.5. The minimum atomic E-state index is 0.0792. The average Bonchev–Trinajstić information content (AvgIpc) is 2.35. The SMILES string of the molecule is C/C(=N\O)c1cc(C)ccc1OCC(C)CO. The lowest BCUT2D eigenvalue weighted by Crippen LogP contribution is -2.13. The van der Waals surface area contributed by atoms with Crippen molar-refractivity contribution < 1.29 is 15.1 Å². The van der Waals surface area contributed by atoms with Crippen LogP contribution in [0.1, 0.15) is 25.0 Å². The van der Waals surface area contributed by atoms with Crippen LogP contribution in [0, 0.1) is 12.8 Å². The fraction of sp³-hybridized carbons (Fsp3) is 0.462. The van der Waals surface area contributed by atoms with Crippen molar-refractivity contribution in [2.45, 2.75) is 20.8 Å². The number of aliphatic hydroxyl groups excluding tert-OH is 1. The molecule has 0 aromatic heterocycles. The van der Waals surface area contributed by atoms with Gasteiger partial charge in [0.2, 0.25) is 0 Å². The lowest BCUT2D eigenvalue weighted by Gasteiger charge is -2.14. The summed E-state index contributed by atoms with van der Waals surface area (Å²) in [7, 11) is 0. The highest BCUT2D eigenvalue weighted by atomic mass is 16.5. The van der Waals surface area contributed by atoms with Crippen molar-refractivity contribution in [2.24, 2.45) is 11.1 Å². The highest BCUT2D eigenvalue weighted by Crippen LogP contribution is 2.21. The van der Waals surface area contributed by atoms with Crippen LogP contribution in [-0.2, 0) is 0 Å². The Balaban J connectivity index is 2.91. The predicted octanol–water partition coefficient (Wildman–Crippen LogP) is 2.20. The molecule has 0 saturated heterocycles. The van der Waals surface area contributed by atoms with Gasteiger partial charge in [-0.25, -0.2) is 0 Å². The van der Waals surface area contributed by atoms with Gasteiger partial charge in [0.1, 0.15) is 5.75 Å².